The van der Waals surface area contributed by atoms with Gasteiger partial charge in [0.15, 0.2) is 0 Å². The molecule has 92 valence electrons. The third-order valence-electron chi connectivity index (χ3n) is 3.02. The topological polar surface area (TPSA) is 29.1 Å². The Morgan fingerprint density at radius 3 is 2.59 bits per heavy atom. The lowest BCUT2D eigenvalue weighted by Crippen LogP contribution is -2.26. The molecule has 1 fully saturated rings. The number of nitrogens with one attached hydrogen (secondary N) is 1. The molecule has 1 N–H and O–H groups in total. The predicted octanol–water partition coefficient (Wildman–Crippen LogP) is 4.13. The Balaban J connectivity index is 1.96. The van der Waals surface area contributed by atoms with Gasteiger partial charge in [0, 0.05) is 20.6 Å². The molecule has 0 saturated heterocycles. The fourth-order valence-electron chi connectivity index (χ4n) is 2.05. The van der Waals surface area contributed by atoms with Crippen LogP contribution in [0.5, 0.6) is 0 Å². The Bertz CT molecular complexity index is 413. The summed E-state index contributed by atoms with van der Waals surface area (Å²) < 4.78 is 1.83. The van der Waals surface area contributed by atoms with E-state index in [2.05, 4.69) is 44.1 Å². The van der Waals surface area contributed by atoms with Crippen molar-refractivity contribution >= 4 is 37.8 Å². The van der Waals surface area contributed by atoms with E-state index in [1.54, 1.807) is 0 Å². The number of carbonyl (C=O) groups excluding carboxylic acids is 1. The number of hydrogen-bond acceptors (Lipinski definition) is 1. The summed E-state index contributed by atoms with van der Waals surface area (Å²) in [5.74, 6) is 0.718. The number of rotatable bonds is 4. The van der Waals surface area contributed by atoms with Gasteiger partial charge in [-0.05, 0) is 37.0 Å². The van der Waals surface area contributed by atoms with Crippen molar-refractivity contribution in [3.63, 3.8) is 0 Å². The van der Waals surface area contributed by atoms with E-state index in [1.807, 2.05) is 18.2 Å². The van der Waals surface area contributed by atoms with Crippen molar-refractivity contribution in [3.05, 3.63) is 32.7 Å². The first kappa shape index (κ1) is 13.1. The van der Waals surface area contributed by atoms with Gasteiger partial charge in [-0.25, -0.2) is 0 Å². The van der Waals surface area contributed by atoms with E-state index in [1.165, 1.54) is 12.8 Å². The number of halogens is 2. The standard InChI is InChI=1S/C13H15Br2NO/c1-2-3-8-6-12(8)16-13(17)9-4-10(14)7-11(15)5-9/h4-5,7-8,12H,2-3,6H2,1H3,(H,16,17). The van der Waals surface area contributed by atoms with Crippen molar-refractivity contribution in [1.29, 1.82) is 0 Å². The highest BCUT2D eigenvalue weighted by molar-refractivity contribution is 9.11. The third kappa shape index (κ3) is 3.55. The van der Waals surface area contributed by atoms with E-state index in [9.17, 15) is 4.79 Å². The minimum absolute atomic E-state index is 0.0237. The van der Waals surface area contributed by atoms with Crippen molar-refractivity contribution in [2.24, 2.45) is 5.92 Å². The van der Waals surface area contributed by atoms with Crippen LogP contribution in [0.3, 0.4) is 0 Å². The summed E-state index contributed by atoms with van der Waals surface area (Å²) in [5.41, 5.74) is 0.702. The van der Waals surface area contributed by atoms with Gasteiger partial charge in [-0.2, -0.15) is 0 Å². The van der Waals surface area contributed by atoms with Gasteiger partial charge in [0.1, 0.15) is 0 Å². The van der Waals surface area contributed by atoms with Crippen LogP contribution in [0.25, 0.3) is 0 Å². The molecule has 2 unspecified atom stereocenters. The first-order chi connectivity index (χ1) is 8.10. The van der Waals surface area contributed by atoms with Gasteiger partial charge in [-0.15, -0.1) is 0 Å². The van der Waals surface area contributed by atoms with Gasteiger partial charge in [-0.1, -0.05) is 45.2 Å². The van der Waals surface area contributed by atoms with Crippen LogP contribution >= 0.6 is 31.9 Å². The maximum Gasteiger partial charge on any atom is 0.251 e. The van der Waals surface area contributed by atoms with E-state index in [0.717, 1.165) is 15.4 Å². The van der Waals surface area contributed by atoms with Gasteiger partial charge < -0.3 is 5.32 Å². The van der Waals surface area contributed by atoms with Crippen LogP contribution in [0.1, 0.15) is 36.5 Å². The molecule has 1 aromatic rings. The molecule has 1 aromatic carbocycles. The summed E-state index contributed by atoms with van der Waals surface area (Å²) in [6, 6.07) is 6.00. The predicted molar refractivity (Wildman–Crippen MR) is 76.1 cm³/mol. The van der Waals surface area contributed by atoms with Crippen molar-refractivity contribution < 1.29 is 4.79 Å². The number of benzene rings is 1. The average Bonchev–Trinajstić information content (AvgIpc) is 2.95. The molecule has 4 heteroatoms. The van der Waals surface area contributed by atoms with Crippen LogP contribution in [0.15, 0.2) is 27.1 Å². The Hall–Kier alpha value is -0.350. The fourth-order valence-corrected chi connectivity index (χ4v) is 3.34. The molecular formula is C13H15Br2NO. The van der Waals surface area contributed by atoms with Crippen molar-refractivity contribution in [2.45, 2.75) is 32.2 Å². The van der Waals surface area contributed by atoms with Crippen LogP contribution in [-0.4, -0.2) is 11.9 Å². The molecule has 0 aliphatic heterocycles. The molecule has 1 aliphatic rings. The quantitative estimate of drug-likeness (QED) is 0.859. The van der Waals surface area contributed by atoms with Gasteiger partial charge in [-0.3, -0.25) is 4.79 Å². The molecular weight excluding hydrogens is 346 g/mol. The fraction of sp³-hybridized carbons (Fsp3) is 0.462. The van der Waals surface area contributed by atoms with E-state index < -0.39 is 0 Å². The number of amides is 1. The van der Waals surface area contributed by atoms with Crippen LogP contribution in [0, 0.1) is 5.92 Å². The maximum atomic E-state index is 12.0. The van der Waals surface area contributed by atoms with Gasteiger partial charge >= 0.3 is 0 Å². The highest BCUT2D eigenvalue weighted by atomic mass is 79.9. The van der Waals surface area contributed by atoms with Gasteiger partial charge in [0.2, 0.25) is 0 Å². The lowest BCUT2D eigenvalue weighted by atomic mass is 10.2. The summed E-state index contributed by atoms with van der Waals surface area (Å²) in [4.78, 5) is 12.0. The van der Waals surface area contributed by atoms with Crippen molar-refractivity contribution in [1.82, 2.24) is 5.32 Å². The maximum absolute atomic E-state index is 12.0. The number of carbonyl (C=O) groups is 1. The summed E-state index contributed by atoms with van der Waals surface area (Å²) in [6.45, 7) is 2.18. The Morgan fingerprint density at radius 2 is 2.00 bits per heavy atom. The largest absolute Gasteiger partial charge is 0.349 e. The second-order valence-electron chi connectivity index (χ2n) is 4.52. The Labute approximate surface area is 118 Å². The minimum Gasteiger partial charge on any atom is -0.349 e. The normalized spacial score (nSPS) is 22.3. The van der Waals surface area contributed by atoms with Crippen LogP contribution in [0.2, 0.25) is 0 Å². The molecule has 0 aromatic heterocycles. The molecule has 0 spiro atoms. The summed E-state index contributed by atoms with van der Waals surface area (Å²) in [6.07, 6.45) is 3.54. The lowest BCUT2D eigenvalue weighted by molar-refractivity contribution is 0.0948. The average molecular weight is 361 g/mol. The first-order valence-corrected chi connectivity index (χ1v) is 7.45. The zero-order chi connectivity index (χ0) is 12.4. The molecule has 0 heterocycles. The SMILES string of the molecule is CCCC1CC1NC(=O)c1cc(Br)cc(Br)c1. The van der Waals surface area contributed by atoms with Crippen molar-refractivity contribution in [2.75, 3.05) is 0 Å². The van der Waals surface area contributed by atoms with Crippen LogP contribution < -0.4 is 5.32 Å². The molecule has 1 amide bonds. The molecule has 2 rings (SSSR count). The summed E-state index contributed by atoms with van der Waals surface area (Å²) >= 11 is 6.78. The highest BCUT2D eigenvalue weighted by Crippen LogP contribution is 2.34. The van der Waals surface area contributed by atoms with Crippen molar-refractivity contribution in [3.8, 4) is 0 Å². The Kier molecular flexibility index (Phi) is 4.26. The lowest BCUT2D eigenvalue weighted by Gasteiger charge is -2.05. The Morgan fingerprint density at radius 1 is 1.35 bits per heavy atom. The van der Waals surface area contributed by atoms with E-state index in [-0.39, 0.29) is 5.91 Å². The monoisotopic (exact) mass is 359 g/mol. The second kappa shape index (κ2) is 5.53. The third-order valence-corrected chi connectivity index (χ3v) is 3.94. The molecule has 1 saturated carbocycles. The zero-order valence-electron chi connectivity index (χ0n) is 9.67. The van der Waals surface area contributed by atoms with Gasteiger partial charge in [0.25, 0.3) is 5.91 Å². The molecule has 2 atom stereocenters. The minimum atomic E-state index is 0.0237. The molecule has 0 radical (unpaired) electrons. The summed E-state index contributed by atoms with van der Waals surface area (Å²) in [7, 11) is 0. The summed E-state index contributed by atoms with van der Waals surface area (Å²) in [5, 5.41) is 3.08. The molecule has 2 nitrogen and oxygen atoms in total. The first-order valence-electron chi connectivity index (χ1n) is 5.87. The second-order valence-corrected chi connectivity index (χ2v) is 6.35. The zero-order valence-corrected chi connectivity index (χ0v) is 12.8. The number of hydrogen-bond donors (Lipinski definition) is 1. The van der Waals surface area contributed by atoms with Crippen LogP contribution in [0.4, 0.5) is 0 Å². The smallest absolute Gasteiger partial charge is 0.251 e. The van der Waals surface area contributed by atoms with E-state index in [0.29, 0.717) is 17.5 Å². The van der Waals surface area contributed by atoms with E-state index in [4.69, 9.17) is 0 Å². The molecule has 17 heavy (non-hydrogen) atoms. The van der Waals surface area contributed by atoms with Gasteiger partial charge in [0.05, 0.1) is 0 Å². The molecule has 1 aliphatic carbocycles. The van der Waals surface area contributed by atoms with E-state index >= 15 is 0 Å². The molecule has 0 bridgehead atoms. The highest BCUT2D eigenvalue weighted by Gasteiger charge is 2.37. The van der Waals surface area contributed by atoms with Crippen LogP contribution in [-0.2, 0) is 0 Å².